The molecule has 0 aliphatic rings. The SMILES string of the molecule is O=C(CCCl)NC(=O)Nc1ccc(C(F)(F)F)cc1. The summed E-state index contributed by atoms with van der Waals surface area (Å²) in [4.78, 5) is 22.3. The highest BCUT2D eigenvalue weighted by Gasteiger charge is 2.29. The third-order valence-corrected chi connectivity index (χ3v) is 2.23. The highest BCUT2D eigenvalue weighted by Crippen LogP contribution is 2.29. The van der Waals surface area contributed by atoms with Gasteiger partial charge in [0.05, 0.1) is 5.56 Å². The fourth-order valence-electron chi connectivity index (χ4n) is 1.18. The van der Waals surface area contributed by atoms with Gasteiger partial charge in [-0.05, 0) is 24.3 Å². The molecule has 0 radical (unpaired) electrons. The molecule has 4 nitrogen and oxygen atoms in total. The minimum absolute atomic E-state index is 0.0258. The van der Waals surface area contributed by atoms with Crippen LogP contribution in [0.1, 0.15) is 12.0 Å². The average molecular weight is 295 g/mol. The zero-order chi connectivity index (χ0) is 14.5. The topological polar surface area (TPSA) is 58.2 Å². The van der Waals surface area contributed by atoms with Gasteiger partial charge in [0.25, 0.3) is 0 Å². The van der Waals surface area contributed by atoms with Crippen molar-refractivity contribution in [3.05, 3.63) is 29.8 Å². The van der Waals surface area contributed by atoms with Crippen LogP contribution in [0.3, 0.4) is 0 Å². The van der Waals surface area contributed by atoms with Crippen LogP contribution in [0.4, 0.5) is 23.7 Å². The average Bonchev–Trinajstić information content (AvgIpc) is 2.28. The lowest BCUT2D eigenvalue weighted by Gasteiger charge is -2.09. The van der Waals surface area contributed by atoms with Gasteiger partial charge in [-0.15, -0.1) is 11.6 Å². The van der Waals surface area contributed by atoms with Crippen molar-refractivity contribution in [2.75, 3.05) is 11.2 Å². The van der Waals surface area contributed by atoms with Gasteiger partial charge in [-0.25, -0.2) is 4.79 Å². The largest absolute Gasteiger partial charge is 0.416 e. The second-order valence-corrected chi connectivity index (χ2v) is 3.89. The maximum Gasteiger partial charge on any atom is 0.416 e. The molecule has 2 N–H and O–H groups in total. The number of carbonyl (C=O) groups excluding carboxylic acids is 2. The highest BCUT2D eigenvalue weighted by molar-refractivity contribution is 6.19. The van der Waals surface area contributed by atoms with Gasteiger partial charge in [0.15, 0.2) is 0 Å². The number of imide groups is 1. The summed E-state index contributed by atoms with van der Waals surface area (Å²) in [6.07, 6.45) is -4.46. The Bertz CT molecular complexity index is 460. The number of benzene rings is 1. The molecule has 0 aliphatic carbocycles. The minimum atomic E-state index is -4.43. The molecule has 0 fully saturated rings. The number of halogens is 4. The fourth-order valence-corrected chi connectivity index (χ4v) is 1.35. The van der Waals surface area contributed by atoms with Crippen molar-refractivity contribution in [3.63, 3.8) is 0 Å². The van der Waals surface area contributed by atoms with Crippen LogP contribution < -0.4 is 10.6 Å². The molecule has 1 rings (SSSR count). The van der Waals surface area contributed by atoms with Gasteiger partial charge < -0.3 is 5.32 Å². The van der Waals surface area contributed by atoms with E-state index in [-0.39, 0.29) is 18.0 Å². The van der Waals surface area contributed by atoms with E-state index in [1.165, 1.54) is 0 Å². The molecule has 19 heavy (non-hydrogen) atoms. The number of hydrogen-bond donors (Lipinski definition) is 2. The molecule has 1 aromatic rings. The van der Waals surface area contributed by atoms with Gasteiger partial charge in [-0.3, -0.25) is 10.1 Å². The Morgan fingerprint density at radius 1 is 1.16 bits per heavy atom. The van der Waals surface area contributed by atoms with Crippen molar-refractivity contribution in [1.82, 2.24) is 5.32 Å². The molecule has 0 spiro atoms. The van der Waals surface area contributed by atoms with Gasteiger partial charge in [-0.2, -0.15) is 13.2 Å². The summed E-state index contributed by atoms with van der Waals surface area (Å²) in [6, 6.07) is 3.02. The van der Waals surface area contributed by atoms with Crippen molar-refractivity contribution >= 4 is 29.2 Å². The molecule has 0 saturated carbocycles. The molecule has 104 valence electrons. The molecule has 0 heterocycles. The van der Waals surface area contributed by atoms with Crippen molar-refractivity contribution in [2.45, 2.75) is 12.6 Å². The van der Waals surface area contributed by atoms with E-state index in [1.807, 2.05) is 5.32 Å². The van der Waals surface area contributed by atoms with Gasteiger partial charge in [0.2, 0.25) is 5.91 Å². The van der Waals surface area contributed by atoms with Crippen molar-refractivity contribution in [3.8, 4) is 0 Å². The van der Waals surface area contributed by atoms with Crippen LogP contribution >= 0.6 is 11.6 Å². The Balaban J connectivity index is 2.58. The third kappa shape index (κ3) is 5.17. The molecular formula is C11H10ClF3N2O2. The number of alkyl halides is 4. The number of rotatable bonds is 3. The number of anilines is 1. The van der Waals surface area contributed by atoms with E-state index < -0.39 is 23.7 Å². The first-order valence-electron chi connectivity index (χ1n) is 5.17. The van der Waals surface area contributed by atoms with Crippen LogP contribution in [-0.4, -0.2) is 17.8 Å². The van der Waals surface area contributed by atoms with Crippen LogP contribution in [0.2, 0.25) is 0 Å². The van der Waals surface area contributed by atoms with Crippen molar-refractivity contribution in [2.24, 2.45) is 0 Å². The normalized spacial score (nSPS) is 10.9. The van der Waals surface area contributed by atoms with Gasteiger partial charge in [0.1, 0.15) is 0 Å². The number of amides is 3. The first-order valence-corrected chi connectivity index (χ1v) is 5.70. The summed E-state index contributed by atoms with van der Waals surface area (Å²) in [5, 5.41) is 4.21. The lowest BCUT2D eigenvalue weighted by molar-refractivity contribution is -0.137. The summed E-state index contributed by atoms with van der Waals surface area (Å²) in [5.41, 5.74) is -0.680. The van der Waals surface area contributed by atoms with Crippen LogP contribution in [0.5, 0.6) is 0 Å². The number of urea groups is 1. The zero-order valence-corrected chi connectivity index (χ0v) is 10.3. The molecule has 0 atom stereocenters. The fraction of sp³-hybridized carbons (Fsp3) is 0.273. The summed E-state index contributed by atoms with van der Waals surface area (Å²) in [7, 11) is 0. The van der Waals surface area contributed by atoms with Crippen LogP contribution in [0.25, 0.3) is 0 Å². The van der Waals surface area contributed by atoms with E-state index in [0.717, 1.165) is 24.3 Å². The van der Waals surface area contributed by atoms with Crippen molar-refractivity contribution < 1.29 is 22.8 Å². The van der Waals surface area contributed by atoms with E-state index in [0.29, 0.717) is 0 Å². The molecule has 0 saturated heterocycles. The standard InChI is InChI=1S/C11H10ClF3N2O2/c12-6-5-9(18)17-10(19)16-8-3-1-7(2-4-8)11(13,14)15/h1-4H,5-6H2,(H2,16,17,18,19). The maximum atomic E-state index is 12.3. The number of carbonyl (C=O) groups is 2. The molecular weight excluding hydrogens is 285 g/mol. The van der Waals surface area contributed by atoms with Crippen LogP contribution in [0.15, 0.2) is 24.3 Å². The third-order valence-electron chi connectivity index (χ3n) is 2.04. The summed E-state index contributed by atoms with van der Waals surface area (Å²) in [5.74, 6) is -0.501. The van der Waals surface area contributed by atoms with Gasteiger partial charge in [-0.1, -0.05) is 0 Å². The predicted molar refractivity (Wildman–Crippen MR) is 63.9 cm³/mol. The molecule has 0 unspecified atom stereocenters. The quantitative estimate of drug-likeness (QED) is 0.842. The predicted octanol–water partition coefficient (Wildman–Crippen LogP) is 2.98. The maximum absolute atomic E-state index is 12.3. The van der Waals surface area contributed by atoms with E-state index in [2.05, 4.69) is 5.32 Å². The summed E-state index contributed by atoms with van der Waals surface area (Å²) < 4.78 is 36.8. The minimum Gasteiger partial charge on any atom is -0.308 e. The monoisotopic (exact) mass is 294 g/mol. The Morgan fingerprint density at radius 2 is 1.74 bits per heavy atom. The summed E-state index contributed by atoms with van der Waals surface area (Å²) >= 11 is 5.30. The van der Waals surface area contributed by atoms with E-state index in [4.69, 9.17) is 11.6 Å². The van der Waals surface area contributed by atoms with Gasteiger partial charge in [0, 0.05) is 18.0 Å². The van der Waals surface area contributed by atoms with Gasteiger partial charge >= 0.3 is 12.2 Å². The van der Waals surface area contributed by atoms with Crippen LogP contribution in [-0.2, 0) is 11.0 Å². The molecule has 8 heteroatoms. The molecule has 1 aromatic carbocycles. The Morgan fingerprint density at radius 3 is 2.21 bits per heavy atom. The second-order valence-electron chi connectivity index (χ2n) is 3.52. The highest BCUT2D eigenvalue weighted by atomic mass is 35.5. The Labute approximate surface area is 111 Å². The molecule has 0 bridgehead atoms. The lowest BCUT2D eigenvalue weighted by atomic mass is 10.2. The zero-order valence-electron chi connectivity index (χ0n) is 9.55. The Hall–Kier alpha value is -1.76. The summed E-state index contributed by atoms with van der Waals surface area (Å²) in [6.45, 7) is 0. The van der Waals surface area contributed by atoms with E-state index >= 15 is 0 Å². The van der Waals surface area contributed by atoms with E-state index in [9.17, 15) is 22.8 Å². The first kappa shape index (κ1) is 15.3. The number of nitrogens with one attached hydrogen (secondary N) is 2. The van der Waals surface area contributed by atoms with Crippen LogP contribution in [0, 0.1) is 0 Å². The van der Waals surface area contributed by atoms with Crippen molar-refractivity contribution in [1.29, 1.82) is 0 Å². The molecule has 3 amide bonds. The first-order chi connectivity index (χ1) is 8.82. The lowest BCUT2D eigenvalue weighted by Crippen LogP contribution is -2.34. The number of hydrogen-bond acceptors (Lipinski definition) is 2. The second kappa shape index (κ2) is 6.42. The molecule has 0 aliphatic heterocycles. The van der Waals surface area contributed by atoms with E-state index in [1.54, 1.807) is 0 Å². The molecule has 0 aromatic heterocycles. The Kier molecular flexibility index (Phi) is 5.17. The smallest absolute Gasteiger partial charge is 0.308 e.